The molecule has 2 heteroatoms. The van der Waals surface area contributed by atoms with Gasteiger partial charge in [0.15, 0.2) is 0 Å². The minimum Gasteiger partial charge on any atom is -0.309 e. The fourth-order valence-corrected chi connectivity index (χ4v) is 1.11. The van der Waals surface area contributed by atoms with Crippen molar-refractivity contribution in [2.45, 2.75) is 6.42 Å². The predicted molar refractivity (Wildman–Crippen MR) is 44.3 cm³/mol. The quantitative estimate of drug-likeness (QED) is 0.559. The van der Waals surface area contributed by atoms with Crippen LogP contribution in [0.2, 0.25) is 0 Å². The molecule has 0 aromatic carbocycles. The summed E-state index contributed by atoms with van der Waals surface area (Å²) in [6.07, 6.45) is 7.13. The smallest absolute Gasteiger partial charge is 0.0227 e. The molecule has 1 heterocycles. The van der Waals surface area contributed by atoms with Crippen molar-refractivity contribution >= 4 is 6.21 Å². The summed E-state index contributed by atoms with van der Waals surface area (Å²) in [5, 5.41) is 0. The van der Waals surface area contributed by atoms with Crippen LogP contribution in [0.1, 0.15) is 6.42 Å². The van der Waals surface area contributed by atoms with Gasteiger partial charge in [0.25, 0.3) is 0 Å². The van der Waals surface area contributed by atoms with Gasteiger partial charge in [-0.2, -0.15) is 0 Å². The molecule has 1 atom stereocenters. The maximum absolute atomic E-state index is 4.01. The third-order valence-corrected chi connectivity index (χ3v) is 1.56. The number of hydrogen-bond donors (Lipinski definition) is 0. The van der Waals surface area contributed by atoms with Crippen molar-refractivity contribution < 1.29 is 0 Å². The van der Waals surface area contributed by atoms with Crippen molar-refractivity contribution in [3.05, 3.63) is 12.3 Å². The highest BCUT2D eigenvalue weighted by Gasteiger charge is 2.05. The average molecular weight is 138 g/mol. The zero-order valence-corrected chi connectivity index (χ0v) is 6.62. The van der Waals surface area contributed by atoms with Crippen LogP contribution in [-0.2, 0) is 0 Å². The summed E-state index contributed by atoms with van der Waals surface area (Å²) in [4.78, 5) is 6.21. The molecular formula is C8H14N2. The molecule has 0 saturated heterocycles. The van der Waals surface area contributed by atoms with Crippen LogP contribution in [-0.4, -0.2) is 31.8 Å². The van der Waals surface area contributed by atoms with E-state index < -0.39 is 0 Å². The van der Waals surface area contributed by atoms with Gasteiger partial charge in [-0.05, 0) is 26.4 Å². The van der Waals surface area contributed by atoms with Crippen LogP contribution >= 0.6 is 0 Å². The molecule has 1 rings (SSSR count). The first kappa shape index (κ1) is 7.48. The minimum atomic E-state index is 0.674. The standard InChI is InChI=1S/C8H14N2/c1-10(2)7-8-3-5-9-6-4-8/h3,5-6,8H,4,7H2,1-2H3. The van der Waals surface area contributed by atoms with Gasteiger partial charge in [-0.3, -0.25) is 4.99 Å². The van der Waals surface area contributed by atoms with E-state index >= 15 is 0 Å². The molecule has 0 fully saturated rings. The molecule has 0 aliphatic carbocycles. The van der Waals surface area contributed by atoms with Gasteiger partial charge in [0.1, 0.15) is 0 Å². The Kier molecular flexibility index (Phi) is 2.63. The molecule has 0 aromatic rings. The van der Waals surface area contributed by atoms with E-state index in [1.54, 1.807) is 0 Å². The normalized spacial score (nSPS) is 24.1. The van der Waals surface area contributed by atoms with Gasteiger partial charge in [-0.15, -0.1) is 0 Å². The van der Waals surface area contributed by atoms with Gasteiger partial charge < -0.3 is 4.90 Å². The van der Waals surface area contributed by atoms with Crippen LogP contribution in [0.25, 0.3) is 0 Å². The lowest BCUT2D eigenvalue weighted by Gasteiger charge is -2.16. The van der Waals surface area contributed by atoms with E-state index in [4.69, 9.17) is 0 Å². The molecule has 0 spiro atoms. The van der Waals surface area contributed by atoms with Crippen molar-refractivity contribution in [2.24, 2.45) is 10.9 Å². The summed E-state index contributed by atoms with van der Waals surface area (Å²) in [6.45, 7) is 1.13. The van der Waals surface area contributed by atoms with Gasteiger partial charge >= 0.3 is 0 Å². The fraction of sp³-hybridized carbons (Fsp3) is 0.625. The number of aliphatic imine (C=N–C) groups is 1. The first-order valence-electron chi connectivity index (χ1n) is 3.62. The SMILES string of the molecule is CN(C)CC1C=CN=CC1. The molecule has 0 bridgehead atoms. The lowest BCUT2D eigenvalue weighted by Crippen LogP contribution is -2.21. The van der Waals surface area contributed by atoms with Crippen molar-refractivity contribution in [3.8, 4) is 0 Å². The summed E-state index contributed by atoms with van der Waals surface area (Å²) in [5.74, 6) is 0.674. The summed E-state index contributed by atoms with van der Waals surface area (Å²) in [7, 11) is 4.19. The van der Waals surface area contributed by atoms with Crippen LogP contribution in [0.15, 0.2) is 17.3 Å². The van der Waals surface area contributed by atoms with Crippen molar-refractivity contribution in [2.75, 3.05) is 20.6 Å². The van der Waals surface area contributed by atoms with Crippen molar-refractivity contribution in [1.82, 2.24) is 4.90 Å². The van der Waals surface area contributed by atoms with Crippen LogP contribution < -0.4 is 0 Å². The summed E-state index contributed by atoms with van der Waals surface area (Å²) in [6, 6.07) is 0. The highest BCUT2D eigenvalue weighted by atomic mass is 15.1. The molecule has 0 radical (unpaired) electrons. The molecule has 0 aromatic heterocycles. The highest BCUT2D eigenvalue weighted by Crippen LogP contribution is 2.08. The molecule has 2 nitrogen and oxygen atoms in total. The molecule has 1 aliphatic rings. The third-order valence-electron chi connectivity index (χ3n) is 1.56. The van der Waals surface area contributed by atoms with E-state index in [9.17, 15) is 0 Å². The van der Waals surface area contributed by atoms with Crippen molar-refractivity contribution in [1.29, 1.82) is 0 Å². The second-order valence-corrected chi connectivity index (χ2v) is 2.93. The largest absolute Gasteiger partial charge is 0.309 e. The molecule has 0 saturated carbocycles. The lowest BCUT2D eigenvalue weighted by molar-refractivity contribution is 0.363. The average Bonchev–Trinajstić information content (AvgIpc) is 1.88. The Morgan fingerprint density at radius 1 is 1.60 bits per heavy atom. The van der Waals surface area contributed by atoms with Gasteiger partial charge in [0.05, 0.1) is 0 Å². The minimum absolute atomic E-state index is 0.674. The Labute approximate surface area is 62.3 Å². The number of rotatable bonds is 2. The molecule has 1 aliphatic heterocycles. The summed E-state index contributed by atoms with van der Waals surface area (Å²) in [5.41, 5.74) is 0. The Hall–Kier alpha value is -0.630. The molecular weight excluding hydrogens is 124 g/mol. The maximum Gasteiger partial charge on any atom is 0.0227 e. The molecule has 1 unspecified atom stereocenters. The van der Waals surface area contributed by atoms with Crippen molar-refractivity contribution in [3.63, 3.8) is 0 Å². The Morgan fingerprint density at radius 2 is 2.40 bits per heavy atom. The van der Waals surface area contributed by atoms with Gasteiger partial charge in [-0.1, -0.05) is 6.08 Å². The van der Waals surface area contributed by atoms with E-state index in [0.29, 0.717) is 5.92 Å². The van der Waals surface area contributed by atoms with Gasteiger partial charge in [0.2, 0.25) is 0 Å². The van der Waals surface area contributed by atoms with E-state index in [1.807, 2.05) is 12.4 Å². The molecule has 56 valence electrons. The van der Waals surface area contributed by atoms with Crippen LogP contribution in [0.5, 0.6) is 0 Å². The first-order chi connectivity index (χ1) is 4.79. The second-order valence-electron chi connectivity index (χ2n) is 2.93. The first-order valence-corrected chi connectivity index (χ1v) is 3.62. The fourth-order valence-electron chi connectivity index (χ4n) is 1.11. The van der Waals surface area contributed by atoms with E-state index in [0.717, 1.165) is 13.0 Å². The second kappa shape index (κ2) is 3.52. The lowest BCUT2D eigenvalue weighted by atomic mass is 10.1. The van der Waals surface area contributed by atoms with Gasteiger partial charge in [0, 0.05) is 19.0 Å². The molecule has 10 heavy (non-hydrogen) atoms. The Morgan fingerprint density at radius 3 is 2.90 bits per heavy atom. The van der Waals surface area contributed by atoms with Crippen LogP contribution in [0, 0.1) is 5.92 Å². The topological polar surface area (TPSA) is 15.6 Å². The van der Waals surface area contributed by atoms with E-state index in [1.165, 1.54) is 0 Å². The zero-order chi connectivity index (χ0) is 7.40. The number of nitrogens with zero attached hydrogens (tertiary/aromatic N) is 2. The Bertz CT molecular complexity index is 147. The van der Waals surface area contributed by atoms with Crippen LogP contribution in [0.3, 0.4) is 0 Å². The maximum atomic E-state index is 4.01. The van der Waals surface area contributed by atoms with E-state index in [2.05, 4.69) is 30.1 Å². The summed E-state index contributed by atoms with van der Waals surface area (Å²) >= 11 is 0. The molecule has 0 amide bonds. The third kappa shape index (κ3) is 2.31. The zero-order valence-electron chi connectivity index (χ0n) is 6.62. The van der Waals surface area contributed by atoms with Crippen LogP contribution in [0.4, 0.5) is 0 Å². The summed E-state index contributed by atoms with van der Waals surface area (Å²) < 4.78 is 0. The molecule has 0 N–H and O–H groups in total. The predicted octanol–water partition coefficient (Wildman–Crippen LogP) is 1.15. The monoisotopic (exact) mass is 138 g/mol. The number of hydrogen-bond acceptors (Lipinski definition) is 2. The van der Waals surface area contributed by atoms with E-state index in [-0.39, 0.29) is 0 Å². The van der Waals surface area contributed by atoms with Gasteiger partial charge in [-0.25, -0.2) is 0 Å². The Balaban J connectivity index is 2.30. The highest BCUT2D eigenvalue weighted by molar-refractivity contribution is 5.60.